The monoisotopic (exact) mass is 313 g/mol. The lowest BCUT2D eigenvalue weighted by Crippen LogP contribution is -2.39. The zero-order valence-electron chi connectivity index (χ0n) is 12.4. The molecule has 3 nitrogen and oxygen atoms in total. The summed E-state index contributed by atoms with van der Waals surface area (Å²) in [5.41, 5.74) is 4.10. The molecule has 1 N–H and O–H groups in total. The second kappa shape index (κ2) is 6.01. The molecule has 4 heteroatoms. The number of rotatable bonds is 2. The lowest BCUT2D eigenvalue weighted by Gasteiger charge is -2.31. The molecule has 0 amide bonds. The molecule has 2 aliphatic rings. The van der Waals surface area contributed by atoms with Crippen molar-refractivity contribution in [2.24, 2.45) is 0 Å². The van der Waals surface area contributed by atoms with E-state index in [-0.39, 0.29) is 12.4 Å². The highest BCUT2D eigenvalue weighted by atomic mass is 35.5. The molecule has 2 aromatic rings. The van der Waals surface area contributed by atoms with Gasteiger partial charge in [-0.1, -0.05) is 54.6 Å². The molecule has 1 atom stereocenters. The van der Waals surface area contributed by atoms with E-state index in [1.54, 1.807) is 0 Å². The van der Waals surface area contributed by atoms with Crippen LogP contribution in [0.15, 0.2) is 54.6 Å². The summed E-state index contributed by atoms with van der Waals surface area (Å²) in [5, 5.41) is 8.47. The Balaban J connectivity index is 0.00000144. The Labute approximate surface area is 137 Å². The number of nitrogens with one attached hydrogen (secondary N) is 1. The molecule has 0 radical (unpaired) electrons. The van der Waals surface area contributed by atoms with Gasteiger partial charge < -0.3 is 9.80 Å². The van der Waals surface area contributed by atoms with Crippen molar-refractivity contribution in [3.05, 3.63) is 71.3 Å². The molecule has 0 spiro atoms. The molecule has 4 rings (SSSR count). The maximum atomic E-state index is 8.47. The van der Waals surface area contributed by atoms with Gasteiger partial charge in [-0.3, -0.25) is 5.41 Å². The van der Waals surface area contributed by atoms with Crippen LogP contribution in [0.3, 0.4) is 0 Å². The van der Waals surface area contributed by atoms with Crippen LogP contribution in [0.1, 0.15) is 16.7 Å². The zero-order chi connectivity index (χ0) is 14.2. The molecule has 1 saturated heterocycles. The normalized spacial score (nSPS) is 19.5. The van der Waals surface area contributed by atoms with E-state index < -0.39 is 0 Å². The molecule has 0 unspecified atom stereocenters. The molecule has 0 saturated carbocycles. The molecular weight excluding hydrogens is 294 g/mol. The first-order valence-electron chi connectivity index (χ1n) is 7.52. The van der Waals surface area contributed by atoms with Crippen LogP contribution in [-0.2, 0) is 19.5 Å². The lowest BCUT2D eigenvalue weighted by molar-refractivity contribution is 0.311. The van der Waals surface area contributed by atoms with E-state index >= 15 is 0 Å². The third-order valence-electron chi connectivity index (χ3n) is 4.57. The molecular formula is C18H20ClN3. The van der Waals surface area contributed by atoms with E-state index in [4.69, 9.17) is 5.41 Å². The summed E-state index contributed by atoms with van der Waals surface area (Å²) >= 11 is 0. The van der Waals surface area contributed by atoms with E-state index in [0.717, 1.165) is 26.1 Å². The van der Waals surface area contributed by atoms with Crippen LogP contribution in [-0.4, -0.2) is 28.3 Å². The van der Waals surface area contributed by atoms with Crippen LogP contribution < -0.4 is 0 Å². The van der Waals surface area contributed by atoms with Gasteiger partial charge in [-0.25, -0.2) is 0 Å². The van der Waals surface area contributed by atoms with Crippen LogP contribution in [0, 0.1) is 5.41 Å². The van der Waals surface area contributed by atoms with Gasteiger partial charge >= 0.3 is 0 Å². The molecule has 2 aromatic carbocycles. The summed E-state index contributed by atoms with van der Waals surface area (Å²) in [4.78, 5) is 4.46. The first kappa shape index (κ1) is 14.9. The Morgan fingerprint density at radius 3 is 2.41 bits per heavy atom. The number of nitrogens with zero attached hydrogens (tertiary/aromatic N) is 2. The number of fused-ring (bicyclic) bond motifs is 2. The molecule has 1 fully saturated rings. The van der Waals surface area contributed by atoms with Gasteiger partial charge in [-0.05, 0) is 23.1 Å². The van der Waals surface area contributed by atoms with Crippen molar-refractivity contribution in [3.63, 3.8) is 0 Å². The minimum absolute atomic E-state index is 0. The van der Waals surface area contributed by atoms with Crippen molar-refractivity contribution in [2.45, 2.75) is 25.6 Å². The number of hydrogen-bond donors (Lipinski definition) is 1. The quantitative estimate of drug-likeness (QED) is 0.922. The fourth-order valence-electron chi connectivity index (χ4n) is 3.46. The van der Waals surface area contributed by atoms with Gasteiger partial charge in [0.1, 0.15) is 0 Å². The van der Waals surface area contributed by atoms with Crippen LogP contribution in [0.5, 0.6) is 0 Å². The van der Waals surface area contributed by atoms with Gasteiger partial charge in [0, 0.05) is 19.6 Å². The average Bonchev–Trinajstić information content (AvgIpc) is 2.82. The highest BCUT2D eigenvalue weighted by molar-refractivity contribution is 5.85. The van der Waals surface area contributed by atoms with Crippen LogP contribution >= 0.6 is 12.4 Å². The van der Waals surface area contributed by atoms with Crippen LogP contribution in [0.25, 0.3) is 0 Å². The smallest absolute Gasteiger partial charge is 0.194 e. The summed E-state index contributed by atoms with van der Waals surface area (Å²) in [7, 11) is 0. The third-order valence-corrected chi connectivity index (χ3v) is 4.57. The predicted molar refractivity (Wildman–Crippen MR) is 91.3 cm³/mol. The largest absolute Gasteiger partial charge is 0.337 e. The molecule has 22 heavy (non-hydrogen) atoms. The Morgan fingerprint density at radius 1 is 0.955 bits per heavy atom. The summed E-state index contributed by atoms with van der Waals surface area (Å²) < 4.78 is 0. The van der Waals surface area contributed by atoms with Gasteiger partial charge in [0.15, 0.2) is 5.96 Å². The van der Waals surface area contributed by atoms with Crippen molar-refractivity contribution < 1.29 is 0 Å². The van der Waals surface area contributed by atoms with Crippen molar-refractivity contribution >= 4 is 18.4 Å². The molecule has 0 bridgehead atoms. The Bertz CT molecular complexity index is 671. The summed E-state index contributed by atoms with van der Waals surface area (Å²) in [6.07, 6.45) is 1.06. The predicted octanol–water partition coefficient (Wildman–Crippen LogP) is 3.29. The van der Waals surface area contributed by atoms with Crippen molar-refractivity contribution in [3.8, 4) is 0 Å². The van der Waals surface area contributed by atoms with Gasteiger partial charge in [0.25, 0.3) is 0 Å². The molecule has 114 valence electrons. The molecule has 2 aliphatic heterocycles. The molecule has 2 heterocycles. The van der Waals surface area contributed by atoms with Gasteiger partial charge in [-0.15, -0.1) is 12.4 Å². The minimum Gasteiger partial charge on any atom is -0.337 e. The van der Waals surface area contributed by atoms with E-state index in [2.05, 4.69) is 58.3 Å². The fourth-order valence-corrected chi connectivity index (χ4v) is 3.46. The summed E-state index contributed by atoms with van der Waals surface area (Å²) in [6.45, 7) is 2.68. The van der Waals surface area contributed by atoms with E-state index in [1.165, 1.54) is 16.7 Å². The van der Waals surface area contributed by atoms with Gasteiger partial charge in [-0.2, -0.15) is 0 Å². The Kier molecular flexibility index (Phi) is 4.08. The standard InChI is InChI=1S/C18H19N3.ClH/c19-18-20(11-14-6-2-1-3-7-14)13-17-10-15-8-4-5-9-16(15)12-21(17)18;/h1-9,17,19H,10-13H2;1H/t17-;/m0./s1. The Hall–Kier alpha value is -2.00. The number of halogens is 1. The van der Waals surface area contributed by atoms with Gasteiger partial charge in [0.05, 0.1) is 6.04 Å². The van der Waals surface area contributed by atoms with Crippen LogP contribution in [0.4, 0.5) is 0 Å². The first-order chi connectivity index (χ1) is 10.3. The second-order valence-corrected chi connectivity index (χ2v) is 5.94. The summed E-state index contributed by atoms with van der Waals surface area (Å²) in [5.74, 6) is 0.679. The minimum atomic E-state index is 0. The first-order valence-corrected chi connectivity index (χ1v) is 7.52. The second-order valence-electron chi connectivity index (χ2n) is 5.94. The number of hydrogen-bond acceptors (Lipinski definition) is 1. The maximum Gasteiger partial charge on any atom is 0.194 e. The van der Waals surface area contributed by atoms with Crippen molar-refractivity contribution in [1.29, 1.82) is 5.41 Å². The number of benzene rings is 2. The Morgan fingerprint density at radius 2 is 1.64 bits per heavy atom. The van der Waals surface area contributed by atoms with Crippen LogP contribution in [0.2, 0.25) is 0 Å². The molecule has 0 aliphatic carbocycles. The SMILES string of the molecule is Cl.N=C1N(Cc2ccccc2)C[C@@H]2Cc3ccccc3CN12. The van der Waals surface area contributed by atoms with E-state index in [0.29, 0.717) is 12.0 Å². The average molecular weight is 314 g/mol. The van der Waals surface area contributed by atoms with E-state index in [9.17, 15) is 0 Å². The van der Waals surface area contributed by atoms with Crippen molar-refractivity contribution in [1.82, 2.24) is 9.80 Å². The highest BCUT2D eigenvalue weighted by Gasteiger charge is 2.37. The zero-order valence-corrected chi connectivity index (χ0v) is 13.2. The fraction of sp³-hybridized carbons (Fsp3) is 0.278. The summed E-state index contributed by atoms with van der Waals surface area (Å²) in [6, 6.07) is 19.6. The third kappa shape index (κ3) is 2.57. The molecule has 0 aromatic heterocycles. The highest BCUT2D eigenvalue weighted by Crippen LogP contribution is 2.29. The van der Waals surface area contributed by atoms with Gasteiger partial charge in [0.2, 0.25) is 0 Å². The van der Waals surface area contributed by atoms with E-state index in [1.807, 2.05) is 6.07 Å². The lowest BCUT2D eigenvalue weighted by atomic mass is 9.95. The van der Waals surface area contributed by atoms with Crippen molar-refractivity contribution in [2.75, 3.05) is 6.54 Å². The number of guanidine groups is 1. The maximum absolute atomic E-state index is 8.47. The topological polar surface area (TPSA) is 30.3 Å².